The molecule has 41 heavy (non-hydrogen) atoms. The summed E-state index contributed by atoms with van der Waals surface area (Å²) >= 11 is 5.33. The Morgan fingerprint density at radius 1 is 1.29 bits per heavy atom. The second kappa shape index (κ2) is 11.4. The van der Waals surface area contributed by atoms with Crippen LogP contribution in [0.1, 0.15) is 29.1 Å². The molecule has 1 aliphatic carbocycles. The van der Waals surface area contributed by atoms with Crippen LogP contribution in [-0.4, -0.2) is 66.5 Å². The van der Waals surface area contributed by atoms with Crippen molar-refractivity contribution in [3.63, 3.8) is 0 Å². The van der Waals surface area contributed by atoms with Crippen molar-refractivity contribution in [2.45, 2.75) is 41.6 Å². The van der Waals surface area contributed by atoms with Crippen LogP contribution in [0, 0.1) is 0 Å². The maximum Gasteiger partial charge on any atom is 0.276 e. The fourth-order valence-corrected chi connectivity index (χ4v) is 8.98. The maximum atomic E-state index is 13.0. The van der Waals surface area contributed by atoms with Crippen molar-refractivity contribution in [2.75, 3.05) is 17.2 Å². The first-order valence-corrected chi connectivity index (χ1v) is 16.3. The number of thioether (sulfide) groups is 2. The van der Waals surface area contributed by atoms with Gasteiger partial charge in [0.1, 0.15) is 22.8 Å². The van der Waals surface area contributed by atoms with E-state index in [1.807, 2.05) is 5.38 Å². The molecule has 3 aromatic rings. The minimum absolute atomic E-state index is 0.0682. The third-order valence-corrected chi connectivity index (χ3v) is 11.1. The van der Waals surface area contributed by atoms with E-state index >= 15 is 0 Å². The number of fused-ring (bicyclic) bond motifs is 2. The molecular formula is C25H23N7O5S4. The average Bonchev–Trinajstić information content (AvgIpc) is 3.72. The van der Waals surface area contributed by atoms with Crippen LogP contribution in [0.2, 0.25) is 0 Å². The van der Waals surface area contributed by atoms with Crippen molar-refractivity contribution in [1.82, 2.24) is 20.2 Å². The Kier molecular flexibility index (Phi) is 7.72. The number of carboxylic acids is 1. The van der Waals surface area contributed by atoms with Crippen LogP contribution in [0.4, 0.5) is 5.13 Å². The van der Waals surface area contributed by atoms with Crippen molar-refractivity contribution < 1.29 is 29.3 Å². The standard InChI is InChI=1S/C25H23N7O5S4/c26-24-28-15(11-39-24)17(30-37)20(33)29-18-21(34)32-19(23(35)36)13(8-38-22(18)32)9-40-25-27-14(10-41-25)7-31-6-2-4-12-3-1-5-16(12)31/h2,4,6,10-11,18,22H,1,3,5,7-9H2,(H4-,26,28,29,33,35,36,37)/t18-,22?/m1/s1. The molecule has 5 heterocycles. The van der Waals surface area contributed by atoms with E-state index in [9.17, 15) is 24.7 Å². The number of nitrogens with two attached hydrogens (primary N) is 1. The molecule has 0 saturated carbocycles. The largest absolute Gasteiger partial charge is 0.543 e. The van der Waals surface area contributed by atoms with Gasteiger partial charge in [-0.05, 0) is 24.5 Å². The Morgan fingerprint density at radius 2 is 2.15 bits per heavy atom. The molecule has 2 amide bonds. The van der Waals surface area contributed by atoms with E-state index in [1.54, 1.807) is 0 Å². The molecular weight excluding hydrogens is 607 g/mol. The lowest BCUT2D eigenvalue weighted by molar-refractivity contribution is -0.695. The fourth-order valence-electron chi connectivity index (χ4n) is 5.11. The molecule has 0 spiro atoms. The second-order valence-corrected chi connectivity index (χ2v) is 13.6. The van der Waals surface area contributed by atoms with Crippen LogP contribution in [-0.2, 0) is 33.8 Å². The van der Waals surface area contributed by atoms with E-state index in [1.165, 1.54) is 57.9 Å². The number of nitrogens with zero attached hydrogens (tertiary/aromatic N) is 5. The van der Waals surface area contributed by atoms with Gasteiger partial charge in [-0.15, -0.1) is 34.4 Å². The van der Waals surface area contributed by atoms with Gasteiger partial charge in [0.15, 0.2) is 33.6 Å². The average molecular weight is 630 g/mol. The third kappa shape index (κ3) is 5.31. The first-order chi connectivity index (χ1) is 19.8. The molecule has 12 nitrogen and oxygen atoms in total. The summed E-state index contributed by atoms with van der Waals surface area (Å²) in [5, 5.41) is 30.0. The van der Waals surface area contributed by atoms with Crippen molar-refractivity contribution in [3.05, 3.63) is 63.0 Å². The number of oxime groups is 1. The van der Waals surface area contributed by atoms with Gasteiger partial charge in [0.2, 0.25) is 0 Å². The second-order valence-electron chi connectivity index (χ2n) is 9.48. The molecule has 0 bridgehead atoms. The summed E-state index contributed by atoms with van der Waals surface area (Å²) in [6, 6.07) is 3.24. The number of hydrogen-bond donors (Lipinski definition) is 3. The highest BCUT2D eigenvalue weighted by Gasteiger charge is 2.53. The lowest BCUT2D eigenvalue weighted by atomic mass is 10.0. The summed E-state index contributed by atoms with van der Waals surface area (Å²) in [4.78, 5) is 47.6. The minimum Gasteiger partial charge on any atom is -0.543 e. The van der Waals surface area contributed by atoms with Crippen LogP contribution in [0.15, 0.2) is 49.9 Å². The summed E-state index contributed by atoms with van der Waals surface area (Å²) in [7, 11) is 0. The Labute approximate surface area is 250 Å². The lowest BCUT2D eigenvalue weighted by Crippen LogP contribution is -2.71. The number of amides is 2. The number of pyridine rings is 1. The smallest absolute Gasteiger partial charge is 0.276 e. The summed E-state index contributed by atoms with van der Waals surface area (Å²) in [6.07, 6.45) is 5.42. The van der Waals surface area contributed by atoms with Gasteiger partial charge >= 0.3 is 0 Å². The van der Waals surface area contributed by atoms with Gasteiger partial charge in [0, 0.05) is 40.3 Å². The van der Waals surface area contributed by atoms with E-state index < -0.39 is 34.9 Å². The number of carboxylic acid groups (broad SMARTS) is 1. The topological polar surface area (TPSA) is 178 Å². The molecule has 16 heteroatoms. The Morgan fingerprint density at radius 3 is 2.90 bits per heavy atom. The van der Waals surface area contributed by atoms with Gasteiger partial charge in [0.05, 0.1) is 11.7 Å². The molecule has 0 radical (unpaired) electrons. The normalized spacial score (nSPS) is 20.0. The van der Waals surface area contributed by atoms with Gasteiger partial charge in [-0.2, -0.15) is 4.57 Å². The number of hydrogen-bond acceptors (Lipinski definition) is 13. The molecule has 1 fully saturated rings. The number of carbonyl (C=O) groups excluding carboxylic acids is 3. The van der Waals surface area contributed by atoms with E-state index in [0.717, 1.165) is 39.1 Å². The number of rotatable bonds is 9. The quantitative estimate of drug-likeness (QED) is 0.0749. The van der Waals surface area contributed by atoms with Crippen LogP contribution >= 0.6 is 46.2 Å². The van der Waals surface area contributed by atoms with Gasteiger partial charge in [0.25, 0.3) is 11.8 Å². The van der Waals surface area contributed by atoms with Crippen LogP contribution in [0.5, 0.6) is 0 Å². The van der Waals surface area contributed by atoms with Crippen molar-refractivity contribution in [2.24, 2.45) is 5.16 Å². The molecule has 1 saturated heterocycles. The first-order valence-electron chi connectivity index (χ1n) is 12.5. The number of aryl methyl sites for hydroxylation is 1. The number of β-lactam (4-membered cyclic amide) rings is 1. The molecule has 1 unspecified atom stereocenters. The summed E-state index contributed by atoms with van der Waals surface area (Å²) in [5.41, 5.74) is 9.33. The van der Waals surface area contributed by atoms with Crippen molar-refractivity contribution in [1.29, 1.82) is 0 Å². The van der Waals surface area contributed by atoms with Crippen LogP contribution in [0.25, 0.3) is 0 Å². The first kappa shape index (κ1) is 27.7. The SMILES string of the molecule is Nc1nc(/C(=N/O)C(=O)N[C@@H]2C(=O)N3C(C(=O)[O-])=C(CSc4nc(C[n+]5cccc6c5CCC6)cs4)CSC23)cs1. The number of carbonyl (C=O) groups is 3. The molecule has 212 valence electrons. The zero-order valence-electron chi connectivity index (χ0n) is 21.3. The zero-order chi connectivity index (χ0) is 28.7. The van der Waals surface area contributed by atoms with Crippen LogP contribution < -0.4 is 20.7 Å². The number of aromatic nitrogens is 3. The predicted octanol–water partition coefficient (Wildman–Crippen LogP) is 0.381. The van der Waals surface area contributed by atoms with Gasteiger partial charge < -0.3 is 26.2 Å². The Bertz CT molecular complexity index is 1620. The molecule has 4 N–H and O–H groups in total. The van der Waals surface area contributed by atoms with E-state index in [-0.39, 0.29) is 16.5 Å². The summed E-state index contributed by atoms with van der Waals surface area (Å²) in [6.45, 7) is 0.679. The number of anilines is 1. The molecule has 3 aromatic heterocycles. The molecule has 2 atom stereocenters. The zero-order valence-corrected chi connectivity index (χ0v) is 24.6. The molecule has 0 aromatic carbocycles. The van der Waals surface area contributed by atoms with E-state index in [2.05, 4.69) is 38.4 Å². The highest BCUT2D eigenvalue weighted by Crippen LogP contribution is 2.41. The maximum absolute atomic E-state index is 13.0. The predicted molar refractivity (Wildman–Crippen MR) is 153 cm³/mol. The number of nitrogens with one attached hydrogen (secondary N) is 1. The summed E-state index contributed by atoms with van der Waals surface area (Å²) < 4.78 is 3.05. The molecule has 3 aliphatic rings. The van der Waals surface area contributed by atoms with Crippen molar-refractivity contribution in [3.8, 4) is 0 Å². The van der Waals surface area contributed by atoms with E-state index in [0.29, 0.717) is 23.6 Å². The molecule has 6 rings (SSSR count). The summed E-state index contributed by atoms with van der Waals surface area (Å²) in [5.74, 6) is -2.19. The monoisotopic (exact) mass is 629 g/mol. The highest BCUT2D eigenvalue weighted by atomic mass is 32.2. The van der Waals surface area contributed by atoms with Gasteiger partial charge in [-0.3, -0.25) is 14.5 Å². The van der Waals surface area contributed by atoms with Gasteiger partial charge in [-0.1, -0.05) is 16.9 Å². The van der Waals surface area contributed by atoms with E-state index in [4.69, 9.17) is 10.7 Å². The minimum atomic E-state index is -1.45. The number of aliphatic carboxylic acids is 1. The highest BCUT2D eigenvalue weighted by molar-refractivity contribution is 8.01. The van der Waals surface area contributed by atoms with Crippen LogP contribution in [0.3, 0.4) is 0 Å². The Hall–Kier alpha value is -3.47. The fraction of sp³-hybridized carbons (Fsp3) is 0.320. The third-order valence-electron chi connectivity index (χ3n) is 6.98. The number of thiazole rings is 2. The lowest BCUT2D eigenvalue weighted by Gasteiger charge is -2.50. The Balaban J connectivity index is 1.11. The molecule has 2 aliphatic heterocycles. The number of nitrogen functional groups attached to an aromatic ring is 1. The van der Waals surface area contributed by atoms with Gasteiger partial charge in [-0.25, -0.2) is 9.97 Å². The van der Waals surface area contributed by atoms with Crippen molar-refractivity contribution >= 4 is 74.8 Å².